The number of aryl methyl sites for hydroxylation is 2. The van der Waals surface area contributed by atoms with Crippen LogP contribution in [0.4, 0.5) is 0 Å². The Morgan fingerprint density at radius 1 is 0.508 bits per heavy atom. The topological polar surface area (TPSA) is 49.2 Å². The summed E-state index contributed by atoms with van der Waals surface area (Å²) in [6.07, 6.45) is 16.7. The number of benzene rings is 6. The van der Waals surface area contributed by atoms with Gasteiger partial charge in [-0.1, -0.05) is 101 Å². The van der Waals surface area contributed by atoms with E-state index in [1.165, 1.54) is 36.0 Å². The molecule has 0 atom stereocenters. The third-order valence-corrected chi connectivity index (χ3v) is 14.3. The summed E-state index contributed by atoms with van der Waals surface area (Å²) in [6, 6.07) is 41.4. The Hall–Kier alpha value is -6.55. The molecule has 0 N–H and O–H groups in total. The fraction of sp³-hybridized carbons (Fsp3) is 0.0417. The van der Waals surface area contributed by atoms with Crippen LogP contribution in [0.5, 0.6) is 23.0 Å². The van der Waals surface area contributed by atoms with Crippen LogP contribution in [0, 0.1) is 12.7 Å². The number of hydrogen-bond acceptors (Lipinski definition) is 5. The first kappa shape index (κ1) is 33.4. The molecule has 278 valence electrons. The van der Waals surface area contributed by atoms with Crippen LogP contribution >= 0.6 is 23.5 Å². The molecule has 3 aromatic heterocycles. The Bertz CT molecular complexity index is 3020. The molecular formula is C48H30B2N4O3S2. The molecule has 0 bridgehead atoms. The maximum absolute atomic E-state index is 6.57. The molecular weight excluding hydrogens is 766 g/mol. The van der Waals surface area contributed by atoms with E-state index in [2.05, 4.69) is 120 Å². The van der Waals surface area contributed by atoms with Crippen molar-refractivity contribution in [3.8, 4) is 56.8 Å². The van der Waals surface area contributed by atoms with Gasteiger partial charge in [-0.2, -0.15) is 0 Å². The summed E-state index contributed by atoms with van der Waals surface area (Å²) in [5.74, 6) is 4.16. The van der Waals surface area contributed by atoms with Crippen LogP contribution in [0.15, 0.2) is 170 Å². The largest absolute Gasteiger partial charge is 0.464 e. The van der Waals surface area contributed by atoms with Gasteiger partial charge in [0.25, 0.3) is 6.71 Å². The minimum absolute atomic E-state index is 0.0783. The lowest BCUT2D eigenvalue weighted by molar-refractivity contribution is -0.675. The minimum Gasteiger partial charge on any atom is -0.464 e. The Labute approximate surface area is 349 Å². The van der Waals surface area contributed by atoms with Gasteiger partial charge in [0.05, 0.1) is 31.7 Å². The highest BCUT2D eigenvalue weighted by molar-refractivity contribution is 8.01. The number of nitrogens with zero attached hydrogens (tertiary/aromatic N) is 4. The lowest BCUT2D eigenvalue weighted by Crippen LogP contribution is -2.58. The average Bonchev–Trinajstić information content (AvgIpc) is 4.05. The molecule has 11 heteroatoms. The monoisotopic (exact) mass is 796 g/mol. The number of imidazole rings is 2. The number of rotatable bonds is 4. The molecule has 0 amide bonds. The molecule has 0 saturated heterocycles. The summed E-state index contributed by atoms with van der Waals surface area (Å²) >= 11 is 3.73. The van der Waals surface area contributed by atoms with Crippen molar-refractivity contribution in [1.29, 1.82) is 0 Å². The average molecular weight is 797 g/mol. The Morgan fingerprint density at radius 3 is 1.76 bits per heavy atom. The number of hydrogen-bond donors (Lipinski definition) is 0. The summed E-state index contributed by atoms with van der Waals surface area (Å²) in [6.45, 7) is 0.0206. The molecule has 0 saturated carbocycles. The van der Waals surface area contributed by atoms with E-state index in [1.54, 1.807) is 0 Å². The van der Waals surface area contributed by atoms with Gasteiger partial charge in [0.1, 0.15) is 28.8 Å². The fourth-order valence-electron chi connectivity index (χ4n) is 9.21. The molecule has 0 fully saturated rings. The summed E-state index contributed by atoms with van der Waals surface area (Å²) < 4.78 is 27.5. The quantitative estimate of drug-likeness (QED) is 0.132. The molecule has 7 nitrogen and oxygen atoms in total. The standard InChI is InChI=1S/C48H30B2N4O3S2/c1-51-17-19-53(27-51)32-11-14-39-35(24-32)49-34-21-29(9-13-38(34)56-40-5-3-6-41(57-39)47(40)49)31-23-42(55-26-31)30-10-15-43-36(22-30)50-37-25-33(54-20-18-52(2)28-54)12-16-44(37)59-46-8-4-7-45(58-43)48(46)50/h3-26H,1-2H3. The van der Waals surface area contributed by atoms with Crippen molar-refractivity contribution in [2.75, 3.05) is 0 Å². The number of fused-ring (bicyclic) bond motifs is 8. The second kappa shape index (κ2) is 12.5. The lowest BCUT2D eigenvalue weighted by atomic mass is 9.34. The fourth-order valence-corrected chi connectivity index (χ4v) is 11.6. The maximum atomic E-state index is 6.57. The second-order valence-corrected chi connectivity index (χ2v) is 17.7. The minimum atomic E-state index is -0.0783. The van der Waals surface area contributed by atoms with E-state index >= 15 is 0 Å². The summed E-state index contributed by atoms with van der Waals surface area (Å²) in [7, 11) is 3.98. The zero-order chi connectivity index (χ0) is 38.9. The molecule has 9 aromatic rings. The van der Waals surface area contributed by atoms with Crippen molar-refractivity contribution in [1.82, 2.24) is 9.13 Å². The van der Waals surface area contributed by atoms with Crippen molar-refractivity contribution in [2.45, 2.75) is 19.6 Å². The van der Waals surface area contributed by atoms with Gasteiger partial charge >= 0.3 is 0 Å². The molecule has 13 rings (SSSR count). The van der Waals surface area contributed by atoms with E-state index in [4.69, 9.17) is 13.9 Å². The second-order valence-electron chi connectivity index (χ2n) is 15.5. The first-order chi connectivity index (χ1) is 29.0. The van der Waals surface area contributed by atoms with Crippen LogP contribution in [-0.2, 0) is 14.1 Å². The summed E-state index contributed by atoms with van der Waals surface area (Å²) in [4.78, 5) is 5.20. The van der Waals surface area contributed by atoms with Crippen LogP contribution in [0.1, 0.15) is 0 Å². The van der Waals surface area contributed by atoms with Gasteiger partial charge in [-0.15, -0.1) is 0 Å². The van der Waals surface area contributed by atoms with Gasteiger partial charge < -0.3 is 32.2 Å². The SMILES string of the molecule is C[n+]1[c-]n(-c2ccc3c(c2)B2c4cc(-c5coc(-c6ccc7c(c6)B6c8cc(-n9[c-][n+](C)cc9)ccc8Sc8cccc(c86)S7)c5)ccc4Oc4cccc(c42)O3)cc1. The van der Waals surface area contributed by atoms with Gasteiger partial charge in [0, 0.05) is 61.0 Å². The zero-order valence-corrected chi connectivity index (χ0v) is 33.5. The Kier molecular flexibility index (Phi) is 7.07. The molecule has 4 aliphatic rings. The molecule has 59 heavy (non-hydrogen) atoms. The first-order valence-corrected chi connectivity index (χ1v) is 21.2. The maximum Gasteiger partial charge on any atom is 0.259 e. The van der Waals surface area contributed by atoms with Crippen molar-refractivity contribution < 1.29 is 23.0 Å². The van der Waals surface area contributed by atoms with E-state index in [0.29, 0.717) is 0 Å². The van der Waals surface area contributed by atoms with Gasteiger partial charge in [-0.25, -0.2) is 0 Å². The number of furan rings is 1. The smallest absolute Gasteiger partial charge is 0.259 e. The molecule has 0 spiro atoms. The predicted octanol–water partition coefficient (Wildman–Crippen LogP) is 5.62. The highest BCUT2D eigenvalue weighted by Crippen LogP contribution is 2.41. The van der Waals surface area contributed by atoms with Gasteiger partial charge in [0.2, 0.25) is 19.4 Å². The zero-order valence-electron chi connectivity index (χ0n) is 31.8. The molecule has 7 heterocycles. The third kappa shape index (κ3) is 5.14. The van der Waals surface area contributed by atoms with Gasteiger partial charge in [-0.05, 0) is 70.5 Å². The van der Waals surface area contributed by atoms with Gasteiger partial charge in [-0.3, -0.25) is 0 Å². The highest BCUT2D eigenvalue weighted by Gasteiger charge is 2.41. The normalized spacial score (nSPS) is 13.7. The van der Waals surface area contributed by atoms with Crippen LogP contribution < -0.4 is 51.4 Å². The third-order valence-electron chi connectivity index (χ3n) is 11.9. The number of ether oxygens (including phenoxy) is 2. The van der Waals surface area contributed by atoms with E-state index in [9.17, 15) is 0 Å². The van der Waals surface area contributed by atoms with Crippen molar-refractivity contribution in [2.24, 2.45) is 14.1 Å². The van der Waals surface area contributed by atoms with Crippen LogP contribution in [-0.4, -0.2) is 22.6 Å². The highest BCUT2D eigenvalue weighted by atomic mass is 32.2. The van der Waals surface area contributed by atoms with E-state index in [0.717, 1.165) is 73.2 Å². The number of aromatic nitrogens is 4. The molecule has 0 aliphatic carbocycles. The Morgan fingerprint density at radius 2 is 1.07 bits per heavy atom. The van der Waals surface area contributed by atoms with Crippen LogP contribution in [0.3, 0.4) is 0 Å². The van der Waals surface area contributed by atoms with Crippen LogP contribution in [0.25, 0.3) is 33.8 Å². The molecule has 4 aliphatic heterocycles. The summed E-state index contributed by atoms with van der Waals surface area (Å²) in [5, 5.41) is 0. The van der Waals surface area contributed by atoms with Crippen molar-refractivity contribution in [3.63, 3.8) is 0 Å². The van der Waals surface area contributed by atoms with E-state index in [-0.39, 0.29) is 13.4 Å². The van der Waals surface area contributed by atoms with E-state index < -0.39 is 0 Å². The van der Waals surface area contributed by atoms with Crippen molar-refractivity contribution >= 4 is 69.7 Å². The summed E-state index contributed by atoms with van der Waals surface area (Å²) in [5.41, 5.74) is 12.5. The predicted molar refractivity (Wildman–Crippen MR) is 232 cm³/mol. The molecule has 6 aromatic carbocycles. The molecule has 0 unspecified atom stereocenters. The van der Waals surface area contributed by atoms with Crippen LogP contribution in [0.2, 0.25) is 0 Å². The van der Waals surface area contributed by atoms with Gasteiger partial charge in [0.15, 0.2) is 0 Å². The van der Waals surface area contributed by atoms with Crippen molar-refractivity contribution in [3.05, 3.63) is 159 Å². The van der Waals surface area contributed by atoms with E-state index in [1.807, 2.05) is 94.4 Å². The first-order valence-electron chi connectivity index (χ1n) is 19.5. The Balaban J connectivity index is 0.893. The molecule has 0 radical (unpaired) electrons. The lowest BCUT2D eigenvalue weighted by Gasteiger charge is -2.33.